The zero-order valence-electron chi connectivity index (χ0n) is 9.28. The molecule has 0 spiro atoms. The van der Waals surface area contributed by atoms with Gasteiger partial charge in [-0.2, -0.15) is 0 Å². The molecule has 2 aromatic rings. The van der Waals surface area contributed by atoms with E-state index < -0.39 is 6.10 Å². The Kier molecular flexibility index (Phi) is 3.97. The highest BCUT2D eigenvalue weighted by Crippen LogP contribution is 2.28. The topological polar surface area (TPSA) is 20.2 Å². The van der Waals surface area contributed by atoms with Crippen LogP contribution in [0.1, 0.15) is 22.1 Å². The molecule has 0 saturated heterocycles. The molecular formula is C13H12BrFOS. The van der Waals surface area contributed by atoms with Crippen LogP contribution in [0.15, 0.2) is 34.1 Å². The number of aliphatic hydroxyl groups is 1. The molecule has 0 saturated carbocycles. The molecule has 0 fully saturated rings. The van der Waals surface area contributed by atoms with Crippen molar-refractivity contribution in [1.82, 2.24) is 0 Å². The van der Waals surface area contributed by atoms with Crippen molar-refractivity contribution >= 4 is 27.3 Å². The van der Waals surface area contributed by atoms with Gasteiger partial charge in [-0.05, 0) is 52.2 Å². The minimum atomic E-state index is -0.577. The highest BCUT2D eigenvalue weighted by molar-refractivity contribution is 9.10. The van der Waals surface area contributed by atoms with Gasteiger partial charge >= 0.3 is 0 Å². The molecule has 4 heteroatoms. The molecule has 1 nitrogen and oxygen atoms in total. The van der Waals surface area contributed by atoms with E-state index in [1.165, 1.54) is 23.5 Å². The third-order valence-corrected chi connectivity index (χ3v) is 4.44. The molecule has 1 N–H and O–H groups in total. The van der Waals surface area contributed by atoms with E-state index in [0.29, 0.717) is 6.42 Å². The summed E-state index contributed by atoms with van der Waals surface area (Å²) in [6.45, 7) is 1.92. The Bertz CT molecular complexity index is 524. The average molecular weight is 315 g/mol. The van der Waals surface area contributed by atoms with Crippen LogP contribution in [0.25, 0.3) is 0 Å². The Morgan fingerprint density at radius 3 is 2.82 bits per heavy atom. The van der Waals surface area contributed by atoms with Gasteiger partial charge < -0.3 is 5.11 Å². The maximum Gasteiger partial charge on any atom is 0.123 e. The first-order chi connectivity index (χ1) is 8.06. The molecule has 0 amide bonds. The van der Waals surface area contributed by atoms with Crippen LogP contribution in [0.2, 0.25) is 0 Å². The molecule has 90 valence electrons. The zero-order valence-corrected chi connectivity index (χ0v) is 11.7. The number of aryl methyl sites for hydroxylation is 1. The van der Waals surface area contributed by atoms with Gasteiger partial charge in [0.25, 0.3) is 0 Å². The summed E-state index contributed by atoms with van der Waals surface area (Å²) in [6, 6.07) is 6.56. The fourth-order valence-electron chi connectivity index (χ4n) is 1.67. The summed E-state index contributed by atoms with van der Waals surface area (Å²) in [7, 11) is 0. The molecule has 0 aliphatic carbocycles. The van der Waals surface area contributed by atoms with Gasteiger partial charge in [-0.3, -0.25) is 0 Å². The number of benzene rings is 1. The minimum Gasteiger partial charge on any atom is -0.387 e. The van der Waals surface area contributed by atoms with Crippen molar-refractivity contribution in [1.29, 1.82) is 0 Å². The van der Waals surface area contributed by atoms with Crippen LogP contribution in [-0.4, -0.2) is 5.11 Å². The summed E-state index contributed by atoms with van der Waals surface area (Å²) in [5, 5.41) is 12.0. The van der Waals surface area contributed by atoms with Crippen LogP contribution in [0.3, 0.4) is 0 Å². The van der Waals surface area contributed by atoms with Crippen LogP contribution >= 0.6 is 27.3 Å². The number of rotatable bonds is 3. The Morgan fingerprint density at radius 1 is 1.41 bits per heavy atom. The van der Waals surface area contributed by atoms with Crippen molar-refractivity contribution in [3.8, 4) is 0 Å². The first-order valence-electron chi connectivity index (χ1n) is 5.23. The molecule has 17 heavy (non-hydrogen) atoms. The Labute approximate surface area is 112 Å². The fraction of sp³-hybridized carbons (Fsp3) is 0.231. The second-order valence-electron chi connectivity index (χ2n) is 3.96. The van der Waals surface area contributed by atoms with Gasteiger partial charge in [-0.1, -0.05) is 6.07 Å². The zero-order chi connectivity index (χ0) is 12.4. The molecule has 1 heterocycles. The SMILES string of the molecule is Cc1ccc(F)cc1CC(O)c1cc(Br)cs1. The fourth-order valence-corrected chi connectivity index (χ4v) is 3.10. The van der Waals surface area contributed by atoms with Crippen LogP contribution in [-0.2, 0) is 6.42 Å². The summed E-state index contributed by atoms with van der Waals surface area (Å²) in [5.41, 5.74) is 1.85. The third-order valence-electron chi connectivity index (χ3n) is 2.64. The summed E-state index contributed by atoms with van der Waals surface area (Å²) in [4.78, 5) is 0.889. The smallest absolute Gasteiger partial charge is 0.123 e. The van der Waals surface area contributed by atoms with Crippen LogP contribution in [0.4, 0.5) is 4.39 Å². The first-order valence-corrected chi connectivity index (χ1v) is 6.90. The van der Waals surface area contributed by atoms with Crippen molar-refractivity contribution in [2.75, 3.05) is 0 Å². The predicted molar refractivity (Wildman–Crippen MR) is 71.8 cm³/mol. The maximum atomic E-state index is 13.1. The summed E-state index contributed by atoms with van der Waals surface area (Å²) in [5.74, 6) is -0.259. The van der Waals surface area contributed by atoms with E-state index in [0.717, 1.165) is 20.5 Å². The molecule has 0 aliphatic rings. The Hall–Kier alpha value is -0.710. The van der Waals surface area contributed by atoms with E-state index in [1.54, 1.807) is 6.07 Å². The van der Waals surface area contributed by atoms with E-state index in [9.17, 15) is 9.50 Å². The number of hydrogen-bond donors (Lipinski definition) is 1. The van der Waals surface area contributed by atoms with E-state index >= 15 is 0 Å². The van der Waals surface area contributed by atoms with E-state index in [1.807, 2.05) is 18.4 Å². The first kappa shape index (κ1) is 12.7. The molecule has 1 atom stereocenters. The molecule has 1 aromatic heterocycles. The number of hydrogen-bond acceptors (Lipinski definition) is 2. The lowest BCUT2D eigenvalue weighted by molar-refractivity contribution is 0.182. The van der Waals surface area contributed by atoms with Crippen molar-refractivity contribution in [2.24, 2.45) is 0 Å². The third kappa shape index (κ3) is 3.15. The van der Waals surface area contributed by atoms with Crippen molar-refractivity contribution in [3.63, 3.8) is 0 Å². The van der Waals surface area contributed by atoms with Gasteiger partial charge in [0, 0.05) is 21.2 Å². The number of aliphatic hydroxyl groups excluding tert-OH is 1. The van der Waals surface area contributed by atoms with Gasteiger partial charge in [0.2, 0.25) is 0 Å². The van der Waals surface area contributed by atoms with Crippen LogP contribution < -0.4 is 0 Å². The second kappa shape index (κ2) is 5.29. The summed E-state index contributed by atoms with van der Waals surface area (Å²) >= 11 is 4.85. The lowest BCUT2D eigenvalue weighted by Crippen LogP contribution is -2.01. The Morgan fingerprint density at radius 2 is 2.18 bits per heavy atom. The maximum absolute atomic E-state index is 13.1. The average Bonchev–Trinajstić information content (AvgIpc) is 2.70. The molecule has 1 aromatic carbocycles. The summed E-state index contributed by atoms with van der Waals surface area (Å²) in [6.07, 6.45) is -0.136. The van der Waals surface area contributed by atoms with Crippen molar-refractivity contribution < 1.29 is 9.50 Å². The quantitative estimate of drug-likeness (QED) is 0.898. The second-order valence-corrected chi connectivity index (χ2v) is 5.82. The van der Waals surface area contributed by atoms with Crippen LogP contribution in [0.5, 0.6) is 0 Å². The highest BCUT2D eigenvalue weighted by Gasteiger charge is 2.12. The minimum absolute atomic E-state index is 0.259. The standard InChI is InChI=1S/C13H12BrFOS/c1-8-2-3-11(15)4-9(8)5-12(16)13-6-10(14)7-17-13/h2-4,6-7,12,16H,5H2,1H3. The summed E-state index contributed by atoms with van der Waals surface area (Å²) < 4.78 is 14.1. The lowest BCUT2D eigenvalue weighted by Gasteiger charge is -2.11. The predicted octanol–water partition coefficient (Wildman–Crippen LogP) is 4.23. The monoisotopic (exact) mass is 314 g/mol. The van der Waals surface area contributed by atoms with Gasteiger partial charge in [0.1, 0.15) is 5.82 Å². The molecule has 0 aliphatic heterocycles. The highest BCUT2D eigenvalue weighted by atomic mass is 79.9. The van der Waals surface area contributed by atoms with Crippen molar-refractivity contribution in [3.05, 3.63) is 55.9 Å². The normalized spacial score (nSPS) is 12.7. The van der Waals surface area contributed by atoms with Crippen LogP contribution in [0, 0.1) is 12.7 Å². The van der Waals surface area contributed by atoms with Crippen molar-refractivity contribution in [2.45, 2.75) is 19.4 Å². The lowest BCUT2D eigenvalue weighted by atomic mass is 10.0. The van der Waals surface area contributed by atoms with Gasteiger partial charge in [-0.15, -0.1) is 11.3 Å². The Balaban J connectivity index is 2.18. The molecule has 1 unspecified atom stereocenters. The number of thiophene rings is 1. The van der Waals surface area contributed by atoms with E-state index in [-0.39, 0.29) is 5.82 Å². The van der Waals surface area contributed by atoms with E-state index in [2.05, 4.69) is 15.9 Å². The molecular weight excluding hydrogens is 303 g/mol. The molecule has 0 bridgehead atoms. The largest absolute Gasteiger partial charge is 0.387 e. The molecule has 0 radical (unpaired) electrons. The van der Waals surface area contributed by atoms with E-state index in [4.69, 9.17) is 0 Å². The van der Waals surface area contributed by atoms with Gasteiger partial charge in [-0.25, -0.2) is 4.39 Å². The van der Waals surface area contributed by atoms with Gasteiger partial charge in [0.15, 0.2) is 0 Å². The van der Waals surface area contributed by atoms with Gasteiger partial charge in [0.05, 0.1) is 6.10 Å². The number of halogens is 2. The molecule has 2 rings (SSSR count).